The van der Waals surface area contributed by atoms with Gasteiger partial charge < -0.3 is 10.2 Å². The van der Waals surface area contributed by atoms with Crippen LogP contribution >= 0.6 is 11.6 Å². The summed E-state index contributed by atoms with van der Waals surface area (Å²) in [7, 11) is 1.70. The summed E-state index contributed by atoms with van der Waals surface area (Å²) in [6, 6.07) is 6.65. The van der Waals surface area contributed by atoms with Gasteiger partial charge in [-0.1, -0.05) is 49.6 Å². The topological polar surface area (TPSA) is 52.7 Å². The van der Waals surface area contributed by atoms with Crippen molar-refractivity contribution in [2.24, 2.45) is 0 Å². The Bertz CT molecular complexity index is 701. The van der Waals surface area contributed by atoms with Crippen LogP contribution in [-0.2, 0) is 4.79 Å². The molecule has 24 heavy (non-hydrogen) atoms. The van der Waals surface area contributed by atoms with Crippen LogP contribution in [0.4, 0.5) is 4.79 Å². The van der Waals surface area contributed by atoms with Crippen LogP contribution in [0.15, 0.2) is 35.5 Å². The highest BCUT2D eigenvalue weighted by atomic mass is 35.5. The zero-order chi connectivity index (χ0) is 17.3. The fourth-order valence-electron chi connectivity index (χ4n) is 3.30. The standard InChI is InChI=1S/C18H22ClN3O2/c1-3-4-7-10-22-11-14-15(17(22)23)16(20-18(24)21(14)2)12-8-5-6-9-13(12)19/h5-6,8-9,16H,3-4,7,10-11H2,1-2H3,(H,20,24)/t16-/m1/s1. The normalized spacial score (nSPS) is 20.5. The first-order valence-electron chi connectivity index (χ1n) is 8.35. The summed E-state index contributed by atoms with van der Waals surface area (Å²) in [6.07, 6.45) is 3.18. The van der Waals surface area contributed by atoms with Crippen molar-refractivity contribution in [1.82, 2.24) is 15.1 Å². The van der Waals surface area contributed by atoms with Crippen molar-refractivity contribution in [1.29, 1.82) is 0 Å². The van der Waals surface area contributed by atoms with E-state index in [9.17, 15) is 9.59 Å². The van der Waals surface area contributed by atoms with E-state index in [1.54, 1.807) is 18.0 Å². The van der Waals surface area contributed by atoms with Crippen molar-refractivity contribution in [2.75, 3.05) is 20.1 Å². The molecule has 1 aromatic rings. The Kier molecular flexibility index (Phi) is 4.81. The second kappa shape index (κ2) is 6.85. The molecule has 0 spiro atoms. The Hall–Kier alpha value is -2.01. The highest BCUT2D eigenvalue weighted by Crippen LogP contribution is 2.37. The van der Waals surface area contributed by atoms with Gasteiger partial charge in [-0.3, -0.25) is 9.69 Å². The first kappa shape index (κ1) is 16.8. The maximum atomic E-state index is 12.9. The number of amides is 3. The van der Waals surface area contributed by atoms with E-state index in [4.69, 9.17) is 11.6 Å². The number of carbonyl (C=O) groups is 2. The van der Waals surface area contributed by atoms with Crippen molar-refractivity contribution in [3.05, 3.63) is 46.1 Å². The molecule has 0 fully saturated rings. The van der Waals surface area contributed by atoms with E-state index in [1.165, 1.54) is 0 Å². The third-order valence-corrected chi connectivity index (χ3v) is 5.03. The van der Waals surface area contributed by atoms with Gasteiger partial charge in [-0.15, -0.1) is 0 Å². The summed E-state index contributed by atoms with van der Waals surface area (Å²) in [5, 5.41) is 3.46. The Morgan fingerprint density at radius 2 is 2.00 bits per heavy atom. The second-order valence-corrected chi connectivity index (χ2v) is 6.66. The molecule has 0 radical (unpaired) electrons. The fourth-order valence-corrected chi connectivity index (χ4v) is 3.54. The van der Waals surface area contributed by atoms with Crippen LogP contribution < -0.4 is 5.32 Å². The zero-order valence-corrected chi connectivity index (χ0v) is 14.8. The number of urea groups is 1. The average Bonchev–Trinajstić information content (AvgIpc) is 2.89. The number of halogens is 1. The van der Waals surface area contributed by atoms with Gasteiger partial charge in [0.15, 0.2) is 0 Å². The highest BCUT2D eigenvalue weighted by Gasteiger charge is 2.43. The summed E-state index contributed by atoms with van der Waals surface area (Å²) < 4.78 is 0. The molecule has 0 aromatic heterocycles. The third-order valence-electron chi connectivity index (χ3n) is 4.68. The Balaban J connectivity index is 1.93. The lowest BCUT2D eigenvalue weighted by Gasteiger charge is -2.31. The Morgan fingerprint density at radius 1 is 1.25 bits per heavy atom. The fraction of sp³-hybridized carbons (Fsp3) is 0.444. The van der Waals surface area contributed by atoms with E-state index < -0.39 is 6.04 Å². The minimum Gasteiger partial charge on any atom is -0.333 e. The van der Waals surface area contributed by atoms with Crippen LogP contribution in [0.1, 0.15) is 37.8 Å². The molecule has 5 nitrogen and oxygen atoms in total. The number of benzene rings is 1. The van der Waals surface area contributed by atoms with Gasteiger partial charge in [0.05, 0.1) is 23.9 Å². The molecule has 2 aliphatic rings. The molecule has 0 bridgehead atoms. The lowest BCUT2D eigenvalue weighted by Crippen LogP contribution is -2.45. The molecule has 0 saturated carbocycles. The molecule has 2 aliphatic heterocycles. The molecular formula is C18H22ClN3O2. The van der Waals surface area contributed by atoms with Crippen molar-refractivity contribution in [3.8, 4) is 0 Å². The van der Waals surface area contributed by atoms with Gasteiger partial charge in [-0.2, -0.15) is 0 Å². The number of nitrogens with zero attached hydrogens (tertiary/aromatic N) is 2. The number of nitrogens with one attached hydrogen (secondary N) is 1. The van der Waals surface area contributed by atoms with E-state index in [0.717, 1.165) is 37.1 Å². The SMILES string of the molecule is CCCCCN1CC2=C(C1=O)[C@@H](c1ccccc1Cl)NC(=O)N2C. The number of hydrogen-bond donors (Lipinski definition) is 1. The van der Waals surface area contributed by atoms with Crippen LogP contribution in [0, 0.1) is 0 Å². The summed E-state index contributed by atoms with van der Waals surface area (Å²) in [4.78, 5) is 28.6. The van der Waals surface area contributed by atoms with Crippen LogP contribution in [0.5, 0.6) is 0 Å². The van der Waals surface area contributed by atoms with Gasteiger partial charge in [-0.05, 0) is 18.1 Å². The smallest absolute Gasteiger partial charge is 0.322 e. The Morgan fingerprint density at radius 3 is 2.71 bits per heavy atom. The molecule has 128 valence electrons. The number of rotatable bonds is 5. The van der Waals surface area contributed by atoms with Gasteiger partial charge in [-0.25, -0.2) is 4.79 Å². The van der Waals surface area contributed by atoms with Gasteiger partial charge >= 0.3 is 6.03 Å². The van der Waals surface area contributed by atoms with E-state index in [0.29, 0.717) is 17.1 Å². The van der Waals surface area contributed by atoms with E-state index >= 15 is 0 Å². The molecule has 0 saturated heterocycles. The minimum atomic E-state index is -0.485. The highest BCUT2D eigenvalue weighted by molar-refractivity contribution is 6.31. The van der Waals surface area contributed by atoms with Crippen LogP contribution in [0.25, 0.3) is 0 Å². The van der Waals surface area contributed by atoms with E-state index in [2.05, 4.69) is 12.2 Å². The molecular weight excluding hydrogens is 326 g/mol. The first-order valence-corrected chi connectivity index (χ1v) is 8.73. The largest absolute Gasteiger partial charge is 0.333 e. The zero-order valence-electron chi connectivity index (χ0n) is 14.0. The quantitative estimate of drug-likeness (QED) is 0.831. The average molecular weight is 348 g/mol. The van der Waals surface area contributed by atoms with Crippen molar-refractivity contribution in [3.63, 3.8) is 0 Å². The molecule has 0 unspecified atom stereocenters. The first-order chi connectivity index (χ1) is 11.5. The molecule has 0 aliphatic carbocycles. The predicted molar refractivity (Wildman–Crippen MR) is 93.6 cm³/mol. The molecule has 3 amide bonds. The van der Waals surface area contributed by atoms with E-state index in [1.807, 2.05) is 23.1 Å². The Labute approximate surface area is 147 Å². The number of unbranched alkanes of at least 4 members (excludes halogenated alkanes) is 2. The minimum absolute atomic E-state index is 0.00197. The van der Waals surface area contributed by atoms with E-state index in [-0.39, 0.29) is 11.9 Å². The van der Waals surface area contributed by atoms with Gasteiger partial charge in [0.2, 0.25) is 0 Å². The maximum Gasteiger partial charge on any atom is 0.322 e. The predicted octanol–water partition coefficient (Wildman–Crippen LogP) is 3.32. The van der Waals surface area contributed by atoms with Gasteiger partial charge in [0.25, 0.3) is 5.91 Å². The lowest BCUT2D eigenvalue weighted by molar-refractivity contribution is -0.125. The summed E-state index contributed by atoms with van der Waals surface area (Å²) in [6.45, 7) is 3.35. The molecule has 1 atom stereocenters. The van der Waals surface area contributed by atoms with Crippen LogP contribution in [-0.4, -0.2) is 41.9 Å². The van der Waals surface area contributed by atoms with Crippen molar-refractivity contribution >= 4 is 23.5 Å². The van der Waals surface area contributed by atoms with Gasteiger partial charge in [0.1, 0.15) is 0 Å². The molecule has 1 aromatic carbocycles. The summed E-state index contributed by atoms with van der Waals surface area (Å²) in [5.41, 5.74) is 2.18. The monoisotopic (exact) mass is 347 g/mol. The van der Waals surface area contributed by atoms with Crippen LogP contribution in [0.3, 0.4) is 0 Å². The molecule has 2 heterocycles. The number of hydrogen-bond acceptors (Lipinski definition) is 2. The molecule has 6 heteroatoms. The van der Waals surface area contributed by atoms with Crippen molar-refractivity contribution in [2.45, 2.75) is 32.2 Å². The molecule has 3 rings (SSSR count). The molecule has 1 N–H and O–H groups in total. The lowest BCUT2D eigenvalue weighted by atomic mass is 9.95. The number of carbonyl (C=O) groups excluding carboxylic acids is 2. The summed E-state index contributed by atoms with van der Waals surface area (Å²) >= 11 is 6.31. The summed E-state index contributed by atoms with van der Waals surface area (Å²) in [5.74, 6) is -0.00197. The van der Waals surface area contributed by atoms with Crippen molar-refractivity contribution < 1.29 is 9.59 Å². The van der Waals surface area contributed by atoms with Gasteiger partial charge in [0, 0.05) is 18.6 Å². The number of likely N-dealkylation sites (N-methyl/N-ethyl adjacent to an activating group) is 1. The third kappa shape index (κ3) is 2.88. The van der Waals surface area contributed by atoms with Crippen LogP contribution in [0.2, 0.25) is 5.02 Å². The maximum absolute atomic E-state index is 12.9. The second-order valence-electron chi connectivity index (χ2n) is 6.26.